The van der Waals surface area contributed by atoms with E-state index in [1.807, 2.05) is 6.07 Å². The Morgan fingerprint density at radius 2 is 1.78 bits per heavy atom. The van der Waals surface area contributed by atoms with Gasteiger partial charge < -0.3 is 14.4 Å². The van der Waals surface area contributed by atoms with Gasteiger partial charge in [0.1, 0.15) is 16.5 Å². The van der Waals surface area contributed by atoms with Crippen molar-refractivity contribution in [2.45, 2.75) is 25.0 Å². The molecular weight excluding hydrogens is 368 g/mol. The first-order valence-corrected chi connectivity index (χ1v) is 9.32. The molecule has 7 nitrogen and oxygen atoms in total. The second kappa shape index (κ2) is 7.05. The molecule has 3 aliphatic heterocycles. The van der Waals surface area contributed by atoms with Crippen LogP contribution in [0.3, 0.4) is 0 Å². The summed E-state index contributed by atoms with van der Waals surface area (Å²) in [5.74, 6) is 1.60. The van der Waals surface area contributed by atoms with E-state index < -0.39 is 0 Å². The molecular formula is C19H23ClN4O3. The normalized spacial score (nSPS) is 21.7. The van der Waals surface area contributed by atoms with Crippen molar-refractivity contribution in [2.75, 3.05) is 32.2 Å². The van der Waals surface area contributed by atoms with Gasteiger partial charge in [-0.1, -0.05) is 11.6 Å². The molecule has 3 fully saturated rings. The molecule has 2 atom stereocenters. The van der Waals surface area contributed by atoms with E-state index in [1.54, 1.807) is 27.5 Å². The van der Waals surface area contributed by atoms with E-state index in [-0.39, 0.29) is 10.6 Å². The van der Waals surface area contributed by atoms with Crippen molar-refractivity contribution >= 4 is 17.3 Å². The molecule has 0 saturated carbocycles. The number of aryl methyl sites for hydroxylation is 1. The minimum absolute atomic E-state index is 0.248. The van der Waals surface area contributed by atoms with Crippen LogP contribution in [0.15, 0.2) is 29.2 Å². The van der Waals surface area contributed by atoms with Crippen LogP contribution < -0.4 is 19.9 Å². The number of ether oxygens (including phenoxy) is 2. The minimum Gasteiger partial charge on any atom is -0.497 e. The Kier molecular flexibility index (Phi) is 4.74. The number of hydrogen-bond donors (Lipinski definition) is 0. The SMILES string of the molecule is COc1cc(CN2C3CC2CN(c2cnn(C)c(=O)c2Cl)C3)cc(OC)c1. The number of rotatable bonds is 5. The Morgan fingerprint density at radius 1 is 1.15 bits per heavy atom. The molecule has 8 heteroatoms. The number of methoxy groups -OCH3 is 2. The zero-order valence-corrected chi connectivity index (χ0v) is 16.4. The number of benzene rings is 1. The maximum absolute atomic E-state index is 12.1. The molecule has 3 saturated heterocycles. The number of piperazine rings is 1. The van der Waals surface area contributed by atoms with Crippen molar-refractivity contribution in [3.63, 3.8) is 0 Å². The molecule has 1 aromatic carbocycles. The van der Waals surface area contributed by atoms with Gasteiger partial charge >= 0.3 is 0 Å². The van der Waals surface area contributed by atoms with Gasteiger partial charge in [0.25, 0.3) is 5.56 Å². The number of piperidine rings is 1. The van der Waals surface area contributed by atoms with Gasteiger partial charge in [0, 0.05) is 44.8 Å². The van der Waals surface area contributed by atoms with Crippen molar-refractivity contribution < 1.29 is 9.47 Å². The molecule has 2 bridgehead atoms. The molecule has 3 aliphatic rings. The highest BCUT2D eigenvalue weighted by Crippen LogP contribution is 2.37. The van der Waals surface area contributed by atoms with Gasteiger partial charge in [0.05, 0.1) is 26.1 Å². The lowest BCUT2D eigenvalue weighted by Gasteiger charge is -2.57. The van der Waals surface area contributed by atoms with Gasteiger partial charge in [-0.25, -0.2) is 4.68 Å². The fraction of sp³-hybridized carbons (Fsp3) is 0.474. The largest absolute Gasteiger partial charge is 0.497 e. The number of aromatic nitrogens is 2. The molecule has 0 aliphatic carbocycles. The molecule has 1 aromatic heterocycles. The van der Waals surface area contributed by atoms with Crippen LogP contribution in [-0.2, 0) is 13.6 Å². The Bertz CT molecular complexity index is 882. The topological polar surface area (TPSA) is 59.8 Å². The quantitative estimate of drug-likeness (QED) is 0.777. The number of anilines is 1. The first-order chi connectivity index (χ1) is 13.0. The van der Waals surface area contributed by atoms with Gasteiger partial charge in [-0.15, -0.1) is 0 Å². The summed E-state index contributed by atoms with van der Waals surface area (Å²) in [7, 11) is 4.93. The average molecular weight is 391 g/mol. The molecule has 0 N–H and O–H groups in total. The van der Waals surface area contributed by atoms with E-state index in [0.29, 0.717) is 12.1 Å². The van der Waals surface area contributed by atoms with Crippen LogP contribution in [-0.4, -0.2) is 54.1 Å². The Balaban J connectivity index is 1.49. The van der Waals surface area contributed by atoms with Gasteiger partial charge in [-0.2, -0.15) is 5.10 Å². The van der Waals surface area contributed by atoms with Crippen LogP contribution in [0.2, 0.25) is 5.02 Å². The highest BCUT2D eigenvalue weighted by atomic mass is 35.5. The second-order valence-corrected chi connectivity index (χ2v) is 7.49. The maximum atomic E-state index is 12.1. The third-order valence-corrected chi connectivity index (χ3v) is 5.88. The van der Waals surface area contributed by atoms with E-state index in [1.165, 1.54) is 10.2 Å². The summed E-state index contributed by atoms with van der Waals surface area (Å²) >= 11 is 6.27. The minimum atomic E-state index is -0.256. The Labute approximate surface area is 163 Å². The van der Waals surface area contributed by atoms with Crippen LogP contribution in [0, 0.1) is 0 Å². The van der Waals surface area contributed by atoms with Crippen LogP contribution in [0.25, 0.3) is 0 Å². The summed E-state index contributed by atoms with van der Waals surface area (Å²) in [6.45, 7) is 2.53. The highest BCUT2D eigenvalue weighted by Gasteiger charge is 2.45. The molecule has 0 radical (unpaired) electrons. The molecule has 144 valence electrons. The summed E-state index contributed by atoms with van der Waals surface area (Å²) in [4.78, 5) is 16.7. The smallest absolute Gasteiger partial charge is 0.287 e. The lowest BCUT2D eigenvalue weighted by atomic mass is 9.86. The monoisotopic (exact) mass is 390 g/mol. The van der Waals surface area contributed by atoms with E-state index in [4.69, 9.17) is 21.1 Å². The van der Waals surface area contributed by atoms with Crippen molar-refractivity contribution in [1.29, 1.82) is 0 Å². The van der Waals surface area contributed by atoms with Crippen molar-refractivity contribution in [3.8, 4) is 11.5 Å². The molecule has 2 aromatic rings. The lowest BCUT2D eigenvalue weighted by Crippen LogP contribution is -2.68. The van der Waals surface area contributed by atoms with Gasteiger partial charge in [0.15, 0.2) is 0 Å². The Hall–Kier alpha value is -2.25. The van der Waals surface area contributed by atoms with E-state index >= 15 is 0 Å². The summed E-state index contributed by atoms with van der Waals surface area (Å²) < 4.78 is 12.0. The zero-order valence-electron chi connectivity index (χ0n) is 15.7. The van der Waals surface area contributed by atoms with Crippen LogP contribution >= 0.6 is 11.6 Å². The number of nitrogens with zero attached hydrogens (tertiary/aromatic N) is 4. The van der Waals surface area contributed by atoms with Crippen LogP contribution in [0.4, 0.5) is 5.69 Å². The fourth-order valence-electron chi connectivity index (χ4n) is 4.03. The van der Waals surface area contributed by atoms with E-state index in [9.17, 15) is 4.79 Å². The number of halogens is 1. The first-order valence-electron chi connectivity index (χ1n) is 8.94. The van der Waals surface area contributed by atoms with Crippen molar-refractivity contribution in [1.82, 2.24) is 14.7 Å². The second-order valence-electron chi connectivity index (χ2n) is 7.11. The van der Waals surface area contributed by atoms with Crippen LogP contribution in [0.5, 0.6) is 11.5 Å². The predicted molar refractivity (Wildman–Crippen MR) is 104 cm³/mol. The lowest BCUT2D eigenvalue weighted by molar-refractivity contribution is -0.00853. The highest BCUT2D eigenvalue weighted by molar-refractivity contribution is 6.33. The zero-order chi connectivity index (χ0) is 19.1. The van der Waals surface area contributed by atoms with Crippen molar-refractivity contribution in [2.24, 2.45) is 7.05 Å². The fourth-order valence-corrected chi connectivity index (χ4v) is 4.32. The summed E-state index contributed by atoms with van der Waals surface area (Å²) in [6.07, 6.45) is 2.85. The van der Waals surface area contributed by atoms with E-state index in [0.717, 1.165) is 43.2 Å². The van der Waals surface area contributed by atoms with E-state index in [2.05, 4.69) is 27.0 Å². The molecule has 0 spiro atoms. The molecule has 5 rings (SSSR count). The van der Waals surface area contributed by atoms with Gasteiger partial charge in [-0.3, -0.25) is 9.69 Å². The summed E-state index contributed by atoms with van der Waals surface area (Å²) in [5, 5.41) is 4.36. The molecule has 27 heavy (non-hydrogen) atoms. The predicted octanol–water partition coefficient (Wildman–Crippen LogP) is 1.91. The van der Waals surface area contributed by atoms with Gasteiger partial charge in [0.2, 0.25) is 0 Å². The number of hydrogen-bond acceptors (Lipinski definition) is 6. The van der Waals surface area contributed by atoms with Gasteiger partial charge in [-0.05, 0) is 24.1 Å². The molecule has 0 amide bonds. The molecule has 4 heterocycles. The maximum Gasteiger partial charge on any atom is 0.287 e. The Morgan fingerprint density at radius 3 is 2.37 bits per heavy atom. The third kappa shape index (κ3) is 3.26. The number of fused-ring (bicyclic) bond motifs is 2. The third-order valence-electron chi connectivity index (χ3n) is 5.52. The summed E-state index contributed by atoms with van der Waals surface area (Å²) in [6, 6.07) is 6.85. The standard InChI is InChI=1S/C19H23ClN4O3/c1-22-19(25)18(20)17(8-21-22)23-10-13-6-14(11-23)24(13)9-12-4-15(26-2)7-16(5-12)27-3/h4-5,7-8,13-14H,6,9-11H2,1-3H3. The molecule has 2 unspecified atom stereocenters. The average Bonchev–Trinajstić information content (AvgIpc) is 2.70. The van der Waals surface area contributed by atoms with Crippen molar-refractivity contribution in [3.05, 3.63) is 45.3 Å². The summed E-state index contributed by atoms with van der Waals surface area (Å²) in [5.41, 5.74) is 1.65. The first kappa shape index (κ1) is 18.1. The van der Waals surface area contributed by atoms with Crippen LogP contribution in [0.1, 0.15) is 12.0 Å².